The van der Waals surface area contributed by atoms with E-state index in [0.29, 0.717) is 12.1 Å². The molecule has 0 bridgehead atoms. The molecule has 1 aliphatic heterocycles. The molecule has 1 saturated heterocycles. The summed E-state index contributed by atoms with van der Waals surface area (Å²) in [5, 5.41) is 4.67. The number of amides is 3. The number of benzene rings is 2. The third-order valence-corrected chi connectivity index (χ3v) is 4.34. The van der Waals surface area contributed by atoms with Gasteiger partial charge in [0, 0.05) is 31.6 Å². The van der Waals surface area contributed by atoms with Crippen LogP contribution in [0.5, 0.6) is 0 Å². The molecule has 1 fully saturated rings. The maximum atomic E-state index is 12.6. The van der Waals surface area contributed by atoms with Crippen molar-refractivity contribution in [3.8, 4) is 0 Å². The van der Waals surface area contributed by atoms with Gasteiger partial charge >= 0.3 is 18.1 Å². The van der Waals surface area contributed by atoms with Gasteiger partial charge in [-0.25, -0.2) is 4.79 Å². The van der Waals surface area contributed by atoms with E-state index >= 15 is 0 Å². The van der Waals surface area contributed by atoms with Crippen molar-refractivity contribution in [2.24, 2.45) is 0 Å². The average Bonchev–Trinajstić information content (AvgIpc) is 2.86. The molecular formula is C18H18F3N3O2. The first-order chi connectivity index (χ1) is 12.4. The molecule has 0 aliphatic carbocycles. The van der Waals surface area contributed by atoms with Gasteiger partial charge in [0.2, 0.25) is 0 Å². The Morgan fingerprint density at radius 3 is 2.31 bits per heavy atom. The molecule has 5 nitrogen and oxygen atoms in total. The quantitative estimate of drug-likeness (QED) is 0.841. The summed E-state index contributed by atoms with van der Waals surface area (Å²) in [6, 6.07) is 12.7. The van der Waals surface area contributed by atoms with Gasteiger partial charge in [-0.15, -0.1) is 0 Å². The van der Waals surface area contributed by atoms with Gasteiger partial charge in [0.05, 0.1) is 5.69 Å². The smallest absolute Gasteiger partial charge is 0.333 e. The molecule has 0 atom stereocenters. The van der Waals surface area contributed by atoms with Crippen LogP contribution in [-0.2, 0) is 4.79 Å². The van der Waals surface area contributed by atoms with Crippen molar-refractivity contribution < 1.29 is 22.8 Å². The number of alkyl halides is 3. The van der Waals surface area contributed by atoms with Crippen LogP contribution in [0, 0.1) is 0 Å². The van der Waals surface area contributed by atoms with Gasteiger partial charge in [-0.05, 0) is 17.9 Å². The SMILES string of the molecule is O=C(Nc1cccc2ccccc12)N1CCCN(C(=O)C(F)(F)F)CC1. The summed E-state index contributed by atoms with van der Waals surface area (Å²) in [4.78, 5) is 26.1. The van der Waals surface area contributed by atoms with Gasteiger partial charge < -0.3 is 15.1 Å². The third-order valence-electron chi connectivity index (χ3n) is 4.34. The van der Waals surface area contributed by atoms with Crippen molar-refractivity contribution in [1.29, 1.82) is 0 Å². The Kier molecular flexibility index (Phi) is 5.01. The molecule has 0 unspecified atom stereocenters. The van der Waals surface area contributed by atoms with E-state index in [1.807, 2.05) is 36.4 Å². The number of carbonyl (C=O) groups excluding carboxylic acids is 2. The molecule has 3 amide bonds. The maximum Gasteiger partial charge on any atom is 0.471 e. The number of nitrogens with one attached hydrogen (secondary N) is 1. The molecule has 2 aromatic carbocycles. The van der Waals surface area contributed by atoms with E-state index in [2.05, 4.69) is 5.32 Å². The Morgan fingerprint density at radius 1 is 0.885 bits per heavy atom. The predicted octanol–water partition coefficient (Wildman–Crippen LogP) is 3.47. The van der Waals surface area contributed by atoms with Crippen molar-refractivity contribution >= 4 is 28.4 Å². The largest absolute Gasteiger partial charge is 0.471 e. The van der Waals surface area contributed by atoms with Gasteiger partial charge in [0.15, 0.2) is 0 Å². The van der Waals surface area contributed by atoms with E-state index in [-0.39, 0.29) is 32.2 Å². The van der Waals surface area contributed by atoms with Crippen LogP contribution in [0.4, 0.5) is 23.7 Å². The third kappa shape index (κ3) is 3.89. The van der Waals surface area contributed by atoms with E-state index in [9.17, 15) is 22.8 Å². The molecule has 0 spiro atoms. The second-order valence-electron chi connectivity index (χ2n) is 6.09. The number of hydrogen-bond donors (Lipinski definition) is 1. The highest BCUT2D eigenvalue weighted by Gasteiger charge is 2.42. The topological polar surface area (TPSA) is 52.7 Å². The molecule has 1 aliphatic rings. The first-order valence-electron chi connectivity index (χ1n) is 8.26. The lowest BCUT2D eigenvalue weighted by molar-refractivity contribution is -0.185. The fourth-order valence-corrected chi connectivity index (χ4v) is 3.03. The predicted molar refractivity (Wildman–Crippen MR) is 91.8 cm³/mol. The molecular weight excluding hydrogens is 347 g/mol. The highest BCUT2D eigenvalue weighted by Crippen LogP contribution is 2.24. The zero-order chi connectivity index (χ0) is 18.7. The molecule has 2 aromatic rings. The molecule has 0 aromatic heterocycles. The molecule has 26 heavy (non-hydrogen) atoms. The standard InChI is InChI=1S/C18H18F3N3O2/c19-18(20,21)16(25)23-9-4-10-24(12-11-23)17(26)22-15-8-3-6-13-5-1-2-7-14(13)15/h1-3,5-8H,4,9-12H2,(H,22,26). The second kappa shape index (κ2) is 7.23. The first kappa shape index (κ1) is 18.0. The lowest BCUT2D eigenvalue weighted by atomic mass is 10.1. The van der Waals surface area contributed by atoms with Crippen LogP contribution in [0.2, 0.25) is 0 Å². The highest BCUT2D eigenvalue weighted by atomic mass is 19.4. The average molecular weight is 365 g/mol. The van der Waals surface area contributed by atoms with Gasteiger partial charge in [-0.1, -0.05) is 36.4 Å². The van der Waals surface area contributed by atoms with E-state index in [4.69, 9.17) is 0 Å². The lowest BCUT2D eigenvalue weighted by Crippen LogP contribution is -2.44. The molecule has 8 heteroatoms. The summed E-state index contributed by atoms with van der Waals surface area (Å²) in [5.74, 6) is -1.85. The van der Waals surface area contributed by atoms with Crippen molar-refractivity contribution in [2.75, 3.05) is 31.5 Å². The summed E-state index contributed by atoms with van der Waals surface area (Å²) in [6.07, 6.45) is -4.59. The second-order valence-corrected chi connectivity index (χ2v) is 6.09. The Balaban J connectivity index is 1.68. The lowest BCUT2D eigenvalue weighted by Gasteiger charge is -2.23. The number of fused-ring (bicyclic) bond motifs is 1. The number of anilines is 1. The van der Waals surface area contributed by atoms with Gasteiger partial charge in [-0.2, -0.15) is 13.2 Å². The van der Waals surface area contributed by atoms with Crippen LogP contribution < -0.4 is 5.32 Å². The van der Waals surface area contributed by atoms with Crippen LogP contribution in [0.15, 0.2) is 42.5 Å². The molecule has 1 heterocycles. The Morgan fingerprint density at radius 2 is 1.54 bits per heavy atom. The Labute approximate surface area is 148 Å². The minimum absolute atomic E-state index is 0.0175. The number of hydrogen-bond acceptors (Lipinski definition) is 2. The fraction of sp³-hybridized carbons (Fsp3) is 0.333. The van der Waals surface area contributed by atoms with E-state index < -0.39 is 12.1 Å². The summed E-state index contributed by atoms with van der Waals surface area (Å²) >= 11 is 0. The van der Waals surface area contributed by atoms with Crippen LogP contribution in [0.3, 0.4) is 0 Å². The van der Waals surface area contributed by atoms with Gasteiger partial charge in [-0.3, -0.25) is 4.79 Å². The van der Waals surface area contributed by atoms with Crippen molar-refractivity contribution in [3.63, 3.8) is 0 Å². The summed E-state index contributed by atoms with van der Waals surface area (Å²) in [6.45, 7) is 0.189. The molecule has 1 N–H and O–H groups in total. The monoisotopic (exact) mass is 365 g/mol. The number of halogens is 3. The minimum Gasteiger partial charge on any atom is -0.333 e. The van der Waals surface area contributed by atoms with E-state index in [0.717, 1.165) is 15.7 Å². The number of carbonyl (C=O) groups is 2. The van der Waals surface area contributed by atoms with Gasteiger partial charge in [0.25, 0.3) is 0 Å². The van der Waals surface area contributed by atoms with Crippen LogP contribution in [-0.4, -0.2) is 54.1 Å². The van der Waals surface area contributed by atoms with Crippen LogP contribution in [0.1, 0.15) is 6.42 Å². The Bertz CT molecular complexity index is 817. The molecule has 3 rings (SSSR count). The van der Waals surface area contributed by atoms with E-state index in [1.165, 1.54) is 4.90 Å². The summed E-state index contributed by atoms with van der Waals surface area (Å²) in [5.41, 5.74) is 0.639. The number of rotatable bonds is 1. The first-order valence-corrected chi connectivity index (χ1v) is 8.26. The van der Waals surface area contributed by atoms with Crippen molar-refractivity contribution in [2.45, 2.75) is 12.6 Å². The molecule has 138 valence electrons. The maximum absolute atomic E-state index is 12.6. The normalized spacial score (nSPS) is 15.7. The summed E-state index contributed by atoms with van der Waals surface area (Å²) in [7, 11) is 0. The summed E-state index contributed by atoms with van der Waals surface area (Å²) < 4.78 is 37.7. The molecule has 0 saturated carbocycles. The fourth-order valence-electron chi connectivity index (χ4n) is 3.03. The Hall–Kier alpha value is -2.77. The van der Waals surface area contributed by atoms with E-state index in [1.54, 1.807) is 6.07 Å². The van der Waals surface area contributed by atoms with Gasteiger partial charge in [0.1, 0.15) is 0 Å². The number of nitrogens with zero attached hydrogens (tertiary/aromatic N) is 2. The number of urea groups is 1. The minimum atomic E-state index is -4.89. The highest BCUT2D eigenvalue weighted by molar-refractivity contribution is 6.01. The van der Waals surface area contributed by atoms with Crippen molar-refractivity contribution in [1.82, 2.24) is 9.80 Å². The van der Waals surface area contributed by atoms with Crippen LogP contribution >= 0.6 is 0 Å². The zero-order valence-electron chi connectivity index (χ0n) is 13.9. The zero-order valence-corrected chi connectivity index (χ0v) is 13.9. The molecule has 0 radical (unpaired) electrons. The van der Waals surface area contributed by atoms with Crippen LogP contribution in [0.25, 0.3) is 10.8 Å². The van der Waals surface area contributed by atoms with Crippen molar-refractivity contribution in [3.05, 3.63) is 42.5 Å².